The van der Waals surface area contributed by atoms with Crippen LogP contribution in [-0.4, -0.2) is 47.8 Å². The van der Waals surface area contributed by atoms with Crippen LogP contribution in [0.5, 0.6) is 0 Å². The maximum Gasteiger partial charge on any atom is 0.332 e. The zero-order chi connectivity index (χ0) is 19.0. The first-order valence-corrected chi connectivity index (χ1v) is 9.93. The van der Waals surface area contributed by atoms with Gasteiger partial charge in [0.1, 0.15) is 0 Å². The number of rotatable bonds is 4. The van der Waals surface area contributed by atoms with E-state index in [4.69, 9.17) is 0 Å². The van der Waals surface area contributed by atoms with Crippen LogP contribution in [0, 0.1) is 0 Å². The maximum absolute atomic E-state index is 12.6. The molecule has 0 aromatic carbocycles. The number of thioether (sulfide) groups is 1. The highest BCUT2D eigenvalue weighted by Crippen LogP contribution is 2.23. The summed E-state index contributed by atoms with van der Waals surface area (Å²) < 4.78 is 4.25. The number of amides is 1. The lowest BCUT2D eigenvalue weighted by Crippen LogP contribution is -2.43. The summed E-state index contributed by atoms with van der Waals surface area (Å²) >= 11 is 1.33. The maximum atomic E-state index is 12.6. The molecule has 0 unspecified atom stereocenters. The van der Waals surface area contributed by atoms with Crippen molar-refractivity contribution >= 4 is 28.8 Å². The van der Waals surface area contributed by atoms with Crippen molar-refractivity contribution in [3.63, 3.8) is 0 Å². The largest absolute Gasteiger partial charge is 0.339 e. The summed E-state index contributed by atoms with van der Waals surface area (Å²) in [5, 5.41) is 0.596. The van der Waals surface area contributed by atoms with E-state index in [0.717, 1.165) is 24.0 Å². The summed E-state index contributed by atoms with van der Waals surface area (Å²) in [5.41, 5.74) is -0.00192. The Labute approximate surface area is 155 Å². The second kappa shape index (κ2) is 7.30. The van der Waals surface area contributed by atoms with E-state index in [1.54, 1.807) is 11.6 Å². The number of likely N-dealkylation sites (tertiary alicyclic amines) is 1. The van der Waals surface area contributed by atoms with E-state index < -0.39 is 5.69 Å². The Balaban J connectivity index is 1.92. The van der Waals surface area contributed by atoms with Crippen molar-refractivity contribution < 1.29 is 4.79 Å². The number of nitrogens with zero attached hydrogens (tertiary/aromatic N) is 5. The summed E-state index contributed by atoms with van der Waals surface area (Å²) in [4.78, 5) is 43.7. The van der Waals surface area contributed by atoms with Gasteiger partial charge in [-0.15, -0.1) is 0 Å². The van der Waals surface area contributed by atoms with Crippen molar-refractivity contribution in [3.8, 4) is 0 Å². The Morgan fingerprint density at radius 2 is 1.96 bits per heavy atom. The summed E-state index contributed by atoms with van der Waals surface area (Å²) in [7, 11) is 3.07. The Morgan fingerprint density at radius 1 is 1.23 bits per heavy atom. The number of hydrogen-bond acceptors (Lipinski definition) is 5. The van der Waals surface area contributed by atoms with Gasteiger partial charge in [0, 0.05) is 33.2 Å². The molecule has 1 aliphatic rings. The van der Waals surface area contributed by atoms with Crippen LogP contribution in [0.3, 0.4) is 0 Å². The Kier molecular flexibility index (Phi) is 5.27. The predicted molar refractivity (Wildman–Crippen MR) is 102 cm³/mol. The zero-order valence-electron chi connectivity index (χ0n) is 15.7. The summed E-state index contributed by atoms with van der Waals surface area (Å²) in [6, 6.07) is 0.273. The van der Waals surface area contributed by atoms with Gasteiger partial charge in [0.25, 0.3) is 5.56 Å². The number of imidazole rings is 1. The van der Waals surface area contributed by atoms with E-state index >= 15 is 0 Å². The van der Waals surface area contributed by atoms with Crippen molar-refractivity contribution in [2.45, 2.75) is 50.9 Å². The number of fused-ring (bicyclic) bond motifs is 1. The molecule has 1 amide bonds. The SMILES string of the molecule is CCn1c(SCC(=O)N2CCCC[C@H]2C)nc2c1c(=O)n(C)c(=O)n2C. The lowest BCUT2D eigenvalue weighted by atomic mass is 10.0. The number of aromatic nitrogens is 4. The number of hydrogen-bond donors (Lipinski definition) is 0. The Hall–Kier alpha value is -2.03. The number of carbonyl (C=O) groups excluding carboxylic acids is 1. The molecular weight excluding hydrogens is 354 g/mol. The molecule has 2 aromatic heterocycles. The second-order valence-electron chi connectivity index (χ2n) is 6.74. The fraction of sp³-hybridized carbons (Fsp3) is 0.647. The van der Waals surface area contributed by atoms with Gasteiger partial charge in [0.05, 0.1) is 5.75 Å². The van der Waals surface area contributed by atoms with Crippen LogP contribution in [0.4, 0.5) is 0 Å². The third kappa shape index (κ3) is 3.08. The molecular formula is C17H25N5O3S. The number of aryl methyl sites for hydroxylation is 2. The topological polar surface area (TPSA) is 82.1 Å². The van der Waals surface area contributed by atoms with Gasteiger partial charge >= 0.3 is 5.69 Å². The van der Waals surface area contributed by atoms with Crippen molar-refractivity contribution in [3.05, 3.63) is 20.8 Å². The van der Waals surface area contributed by atoms with Crippen molar-refractivity contribution in [2.24, 2.45) is 14.1 Å². The van der Waals surface area contributed by atoms with Gasteiger partial charge in [-0.2, -0.15) is 0 Å². The van der Waals surface area contributed by atoms with Gasteiger partial charge in [0.15, 0.2) is 16.3 Å². The summed E-state index contributed by atoms with van der Waals surface area (Å²) in [6.45, 7) is 5.35. The molecule has 0 saturated carbocycles. The first kappa shape index (κ1) is 18.8. The Bertz CT molecular complexity index is 958. The second-order valence-corrected chi connectivity index (χ2v) is 7.68. The van der Waals surface area contributed by atoms with Crippen LogP contribution in [0.15, 0.2) is 14.7 Å². The molecule has 8 nitrogen and oxygen atoms in total. The quantitative estimate of drug-likeness (QED) is 0.739. The monoisotopic (exact) mass is 379 g/mol. The predicted octanol–water partition coefficient (Wildman–Crippen LogP) is 0.947. The molecule has 3 rings (SSSR count). The van der Waals surface area contributed by atoms with E-state index in [1.807, 2.05) is 11.8 Å². The van der Waals surface area contributed by atoms with E-state index in [2.05, 4.69) is 11.9 Å². The van der Waals surface area contributed by atoms with Crippen LogP contribution >= 0.6 is 11.8 Å². The summed E-state index contributed by atoms with van der Waals surface area (Å²) in [6.07, 6.45) is 3.26. The van der Waals surface area contributed by atoms with Crippen LogP contribution < -0.4 is 11.2 Å². The van der Waals surface area contributed by atoms with Crippen molar-refractivity contribution in [2.75, 3.05) is 12.3 Å². The molecule has 0 bridgehead atoms. The molecule has 0 spiro atoms. The van der Waals surface area contributed by atoms with Gasteiger partial charge < -0.3 is 9.47 Å². The highest BCUT2D eigenvalue weighted by atomic mass is 32.2. The third-order valence-corrected chi connectivity index (χ3v) is 6.04. The fourth-order valence-electron chi connectivity index (χ4n) is 3.51. The highest BCUT2D eigenvalue weighted by Gasteiger charge is 2.24. The molecule has 2 aromatic rings. The smallest absolute Gasteiger partial charge is 0.332 e. The average Bonchev–Trinajstić information content (AvgIpc) is 3.01. The van der Waals surface area contributed by atoms with Crippen molar-refractivity contribution in [1.82, 2.24) is 23.6 Å². The standard InChI is InChI=1S/C17H25N5O3S/c1-5-21-13-14(19(3)17(25)20(4)15(13)24)18-16(21)26-10-12(23)22-9-7-6-8-11(22)2/h11H,5-10H2,1-4H3/t11-/m1/s1. The molecule has 0 N–H and O–H groups in total. The van der Waals surface area contributed by atoms with E-state index in [9.17, 15) is 14.4 Å². The highest BCUT2D eigenvalue weighted by molar-refractivity contribution is 7.99. The van der Waals surface area contributed by atoms with E-state index in [-0.39, 0.29) is 23.3 Å². The van der Waals surface area contributed by atoms with Crippen LogP contribution in [0.1, 0.15) is 33.1 Å². The van der Waals surface area contributed by atoms with Gasteiger partial charge in [-0.1, -0.05) is 11.8 Å². The molecule has 26 heavy (non-hydrogen) atoms. The first-order chi connectivity index (χ1) is 12.4. The van der Waals surface area contributed by atoms with E-state index in [1.165, 1.54) is 29.8 Å². The molecule has 142 valence electrons. The van der Waals surface area contributed by atoms with Gasteiger partial charge in [-0.3, -0.25) is 18.7 Å². The van der Waals surface area contributed by atoms with Gasteiger partial charge in [-0.05, 0) is 33.1 Å². The molecule has 9 heteroatoms. The molecule has 1 aliphatic heterocycles. The molecule has 3 heterocycles. The first-order valence-electron chi connectivity index (χ1n) is 8.95. The molecule has 0 aliphatic carbocycles. The molecule has 0 radical (unpaired) electrons. The lowest BCUT2D eigenvalue weighted by Gasteiger charge is -2.33. The van der Waals surface area contributed by atoms with Crippen LogP contribution in [0.2, 0.25) is 0 Å². The minimum absolute atomic E-state index is 0.0960. The van der Waals surface area contributed by atoms with Crippen LogP contribution in [-0.2, 0) is 25.4 Å². The molecule has 1 fully saturated rings. The average molecular weight is 379 g/mol. The normalized spacial score (nSPS) is 17.8. The minimum Gasteiger partial charge on any atom is -0.339 e. The molecule has 1 atom stereocenters. The Morgan fingerprint density at radius 3 is 2.62 bits per heavy atom. The zero-order valence-corrected chi connectivity index (χ0v) is 16.5. The lowest BCUT2D eigenvalue weighted by molar-refractivity contribution is -0.131. The summed E-state index contributed by atoms with van der Waals surface area (Å²) in [5.74, 6) is 0.376. The van der Waals surface area contributed by atoms with Gasteiger partial charge in [-0.25, -0.2) is 9.78 Å². The number of carbonyl (C=O) groups is 1. The van der Waals surface area contributed by atoms with E-state index in [0.29, 0.717) is 22.9 Å². The fourth-order valence-corrected chi connectivity index (χ4v) is 4.45. The number of piperidine rings is 1. The van der Waals surface area contributed by atoms with Crippen LogP contribution in [0.25, 0.3) is 11.2 Å². The third-order valence-electron chi connectivity index (χ3n) is 5.08. The molecule has 1 saturated heterocycles. The minimum atomic E-state index is -0.405. The van der Waals surface area contributed by atoms with Gasteiger partial charge in [0.2, 0.25) is 5.91 Å². The van der Waals surface area contributed by atoms with Crippen molar-refractivity contribution in [1.29, 1.82) is 0 Å².